The van der Waals surface area contributed by atoms with Crippen LogP contribution in [0.15, 0.2) is 35.2 Å². The number of rotatable bonds is 7. The van der Waals surface area contributed by atoms with Crippen molar-refractivity contribution in [1.82, 2.24) is 10.0 Å². The van der Waals surface area contributed by atoms with Crippen LogP contribution in [0.25, 0.3) is 0 Å². The first-order valence-corrected chi connectivity index (χ1v) is 10.1. The molecule has 1 amide bonds. The maximum atomic E-state index is 13.1. The van der Waals surface area contributed by atoms with Gasteiger partial charge in [-0.05, 0) is 24.5 Å². The normalized spacial score (nSPS) is 21.0. The van der Waals surface area contributed by atoms with E-state index in [0.717, 1.165) is 0 Å². The fourth-order valence-corrected chi connectivity index (χ4v) is 4.13. The van der Waals surface area contributed by atoms with Crippen LogP contribution in [0, 0.1) is 11.3 Å². The number of cyclic esters (lactones) is 1. The van der Waals surface area contributed by atoms with Crippen molar-refractivity contribution >= 4 is 21.9 Å². The molecule has 2 atom stereocenters. The lowest BCUT2D eigenvalue weighted by Gasteiger charge is -2.39. The van der Waals surface area contributed by atoms with Gasteiger partial charge in [0, 0.05) is 5.41 Å². The molecule has 1 saturated heterocycles. The van der Waals surface area contributed by atoms with Gasteiger partial charge in [-0.3, -0.25) is 4.79 Å². The SMILES string of the molecule is CC(C)C[C@H](NS(=O)(=O)c1ccccc1)C(=O)[C@H]1NC(=O)OCC1(C)C. The molecule has 0 radical (unpaired) electrons. The third-order valence-corrected chi connectivity index (χ3v) is 5.79. The van der Waals surface area contributed by atoms with Gasteiger partial charge in [0.15, 0.2) is 5.78 Å². The predicted molar refractivity (Wildman–Crippen MR) is 97.1 cm³/mol. The molecule has 1 heterocycles. The van der Waals surface area contributed by atoms with Gasteiger partial charge in [0.2, 0.25) is 10.0 Å². The number of hydrogen-bond acceptors (Lipinski definition) is 5. The van der Waals surface area contributed by atoms with E-state index < -0.39 is 33.6 Å². The molecule has 2 N–H and O–H groups in total. The number of amides is 1. The molecule has 144 valence electrons. The summed E-state index contributed by atoms with van der Waals surface area (Å²) < 4.78 is 32.8. The Hall–Kier alpha value is -1.93. The molecule has 0 unspecified atom stereocenters. The predicted octanol–water partition coefficient (Wildman–Crippen LogP) is 2.08. The minimum Gasteiger partial charge on any atom is -0.449 e. The van der Waals surface area contributed by atoms with E-state index in [9.17, 15) is 18.0 Å². The number of benzene rings is 1. The van der Waals surface area contributed by atoms with E-state index in [1.54, 1.807) is 32.0 Å². The first kappa shape index (κ1) is 20.4. The summed E-state index contributed by atoms with van der Waals surface area (Å²) in [6, 6.07) is 6.13. The molecule has 1 fully saturated rings. The number of nitrogens with one attached hydrogen (secondary N) is 2. The fraction of sp³-hybridized carbons (Fsp3) is 0.556. The Labute approximate surface area is 154 Å². The summed E-state index contributed by atoms with van der Waals surface area (Å²) in [5.74, 6) is -0.277. The van der Waals surface area contributed by atoms with Gasteiger partial charge in [0.1, 0.15) is 12.6 Å². The van der Waals surface area contributed by atoms with Gasteiger partial charge in [-0.15, -0.1) is 0 Å². The summed E-state index contributed by atoms with van der Waals surface area (Å²) in [7, 11) is -3.85. The molecule has 8 heteroatoms. The number of carbonyl (C=O) groups excluding carboxylic acids is 2. The van der Waals surface area contributed by atoms with E-state index >= 15 is 0 Å². The van der Waals surface area contributed by atoms with E-state index in [2.05, 4.69) is 10.0 Å². The molecule has 0 aromatic heterocycles. The monoisotopic (exact) mass is 382 g/mol. The second-order valence-corrected chi connectivity index (χ2v) is 9.37. The Morgan fingerprint density at radius 3 is 2.50 bits per heavy atom. The minimum absolute atomic E-state index is 0.0843. The van der Waals surface area contributed by atoms with Crippen LogP contribution in [0.1, 0.15) is 34.1 Å². The van der Waals surface area contributed by atoms with E-state index in [1.165, 1.54) is 12.1 Å². The maximum Gasteiger partial charge on any atom is 0.407 e. The largest absolute Gasteiger partial charge is 0.449 e. The molecule has 0 bridgehead atoms. The van der Waals surface area contributed by atoms with Gasteiger partial charge < -0.3 is 10.1 Å². The summed E-state index contributed by atoms with van der Waals surface area (Å²) >= 11 is 0. The first-order chi connectivity index (χ1) is 12.0. The molecule has 1 aliphatic heterocycles. The smallest absolute Gasteiger partial charge is 0.407 e. The Morgan fingerprint density at radius 1 is 1.31 bits per heavy atom. The van der Waals surface area contributed by atoms with Crippen LogP contribution in [-0.2, 0) is 19.6 Å². The van der Waals surface area contributed by atoms with Gasteiger partial charge >= 0.3 is 6.09 Å². The quantitative estimate of drug-likeness (QED) is 0.752. The Kier molecular flexibility index (Phi) is 6.08. The second-order valence-electron chi connectivity index (χ2n) is 7.66. The van der Waals surface area contributed by atoms with Crippen LogP contribution >= 0.6 is 0 Å². The van der Waals surface area contributed by atoms with Gasteiger partial charge in [-0.2, -0.15) is 0 Å². The third-order valence-electron chi connectivity index (χ3n) is 4.30. The highest BCUT2D eigenvalue weighted by molar-refractivity contribution is 7.89. The molecule has 0 spiro atoms. The van der Waals surface area contributed by atoms with Gasteiger partial charge in [0.25, 0.3) is 0 Å². The number of Topliss-reactive ketones (excluding diaryl/α,β-unsaturated/α-hetero) is 1. The van der Waals surface area contributed by atoms with E-state index in [1.807, 2.05) is 13.8 Å². The van der Waals surface area contributed by atoms with Crippen LogP contribution in [-0.4, -0.2) is 39.0 Å². The number of sulfonamides is 1. The zero-order chi connectivity index (χ0) is 19.5. The minimum atomic E-state index is -3.85. The van der Waals surface area contributed by atoms with Crippen molar-refractivity contribution < 1.29 is 22.7 Å². The van der Waals surface area contributed by atoms with E-state index in [-0.39, 0.29) is 23.2 Å². The first-order valence-electron chi connectivity index (χ1n) is 8.57. The van der Waals surface area contributed by atoms with Crippen LogP contribution in [0.5, 0.6) is 0 Å². The van der Waals surface area contributed by atoms with Gasteiger partial charge in [0.05, 0.1) is 10.9 Å². The summed E-state index contributed by atoms with van der Waals surface area (Å²) in [6.07, 6.45) is -0.342. The molecular formula is C18H26N2O5S. The summed E-state index contributed by atoms with van der Waals surface area (Å²) in [5, 5.41) is 2.54. The molecule has 26 heavy (non-hydrogen) atoms. The van der Waals surface area contributed by atoms with Crippen molar-refractivity contribution in [3.63, 3.8) is 0 Å². The summed E-state index contributed by atoms with van der Waals surface area (Å²) in [5.41, 5.74) is -0.640. The zero-order valence-corrected chi connectivity index (χ0v) is 16.3. The highest BCUT2D eigenvalue weighted by Crippen LogP contribution is 2.27. The number of carbonyl (C=O) groups is 2. The van der Waals surface area contributed by atoms with Crippen molar-refractivity contribution in [1.29, 1.82) is 0 Å². The number of alkyl carbamates (subject to hydrolysis) is 1. The van der Waals surface area contributed by atoms with Crippen molar-refractivity contribution in [3.8, 4) is 0 Å². The maximum absolute atomic E-state index is 13.1. The Balaban J connectivity index is 2.29. The average Bonchev–Trinajstić information content (AvgIpc) is 2.56. The number of ketones is 1. The number of hydrogen-bond donors (Lipinski definition) is 2. The van der Waals surface area contributed by atoms with Crippen molar-refractivity contribution in [2.24, 2.45) is 11.3 Å². The lowest BCUT2D eigenvalue weighted by atomic mass is 9.79. The average molecular weight is 382 g/mol. The molecule has 0 saturated carbocycles. The molecule has 1 aromatic carbocycles. The van der Waals surface area contributed by atoms with Crippen molar-refractivity contribution in [2.75, 3.05) is 6.61 Å². The Bertz CT molecular complexity index is 759. The lowest BCUT2D eigenvalue weighted by Crippen LogP contribution is -2.61. The zero-order valence-electron chi connectivity index (χ0n) is 15.5. The van der Waals surface area contributed by atoms with E-state index in [0.29, 0.717) is 6.42 Å². The Morgan fingerprint density at radius 2 is 1.92 bits per heavy atom. The molecule has 0 aliphatic carbocycles. The number of ether oxygens (including phenoxy) is 1. The molecule has 2 rings (SSSR count). The standard InChI is InChI=1S/C18H26N2O5S/c1-12(2)10-14(20-26(23,24)13-8-6-5-7-9-13)15(21)16-18(3,4)11-25-17(22)19-16/h5-9,12,14,16,20H,10-11H2,1-4H3,(H,19,22)/t14-,16+/m0/s1. The van der Waals surface area contributed by atoms with Gasteiger partial charge in [-0.1, -0.05) is 45.9 Å². The van der Waals surface area contributed by atoms with Crippen LogP contribution in [0.2, 0.25) is 0 Å². The summed E-state index contributed by atoms with van der Waals surface area (Å²) in [6.45, 7) is 7.50. The highest BCUT2D eigenvalue weighted by Gasteiger charge is 2.44. The van der Waals surface area contributed by atoms with Crippen molar-refractivity contribution in [3.05, 3.63) is 30.3 Å². The molecular weight excluding hydrogens is 356 g/mol. The van der Waals surface area contributed by atoms with Gasteiger partial charge in [-0.25, -0.2) is 17.9 Å². The second kappa shape index (κ2) is 7.75. The van der Waals surface area contributed by atoms with Crippen LogP contribution < -0.4 is 10.0 Å². The molecule has 7 nitrogen and oxygen atoms in total. The molecule has 1 aliphatic rings. The van der Waals surface area contributed by atoms with Crippen LogP contribution in [0.3, 0.4) is 0 Å². The highest BCUT2D eigenvalue weighted by atomic mass is 32.2. The lowest BCUT2D eigenvalue weighted by molar-refractivity contribution is -0.128. The fourth-order valence-electron chi connectivity index (χ4n) is 2.90. The third kappa shape index (κ3) is 4.82. The summed E-state index contributed by atoms with van der Waals surface area (Å²) in [4.78, 5) is 24.8. The molecule has 1 aromatic rings. The van der Waals surface area contributed by atoms with Crippen LogP contribution in [0.4, 0.5) is 4.79 Å². The van der Waals surface area contributed by atoms with E-state index in [4.69, 9.17) is 4.74 Å². The van der Waals surface area contributed by atoms with Crippen molar-refractivity contribution in [2.45, 2.75) is 51.1 Å². The topological polar surface area (TPSA) is 102 Å².